The monoisotopic (exact) mass is 451 g/mol. The zero-order valence-corrected chi connectivity index (χ0v) is 19.4. The molecule has 2 unspecified atom stereocenters. The molecule has 176 valence electrons. The second kappa shape index (κ2) is 10.7. The highest BCUT2D eigenvalue weighted by Crippen LogP contribution is 2.30. The molecule has 0 saturated carbocycles. The van der Waals surface area contributed by atoms with Crippen molar-refractivity contribution in [3.8, 4) is 11.5 Å². The molecule has 2 amide bonds. The maximum atomic E-state index is 12.9. The van der Waals surface area contributed by atoms with Gasteiger partial charge in [0.05, 0.1) is 19.8 Å². The summed E-state index contributed by atoms with van der Waals surface area (Å²) in [7, 11) is 3.07. The van der Waals surface area contributed by atoms with Gasteiger partial charge in [-0.1, -0.05) is 12.5 Å². The summed E-state index contributed by atoms with van der Waals surface area (Å²) < 4.78 is 10.5. The molecule has 33 heavy (non-hydrogen) atoms. The summed E-state index contributed by atoms with van der Waals surface area (Å²) in [5.41, 5.74) is 1.48. The van der Waals surface area contributed by atoms with Crippen molar-refractivity contribution in [1.29, 1.82) is 0 Å². The summed E-state index contributed by atoms with van der Waals surface area (Å²) >= 11 is 0. The van der Waals surface area contributed by atoms with Crippen molar-refractivity contribution in [2.45, 2.75) is 38.1 Å². The zero-order chi connectivity index (χ0) is 23.2. The highest BCUT2D eigenvalue weighted by molar-refractivity contribution is 6.07. The van der Waals surface area contributed by atoms with Crippen molar-refractivity contribution < 1.29 is 19.1 Å². The number of methoxy groups -OCH3 is 2. The van der Waals surface area contributed by atoms with Gasteiger partial charge in [-0.05, 0) is 75.0 Å². The lowest BCUT2D eigenvalue weighted by Gasteiger charge is -2.44. The normalized spacial score (nSPS) is 20.4. The summed E-state index contributed by atoms with van der Waals surface area (Å²) in [6.07, 6.45) is 6.17. The molecule has 2 aliphatic heterocycles. The van der Waals surface area contributed by atoms with Crippen LogP contribution in [0.4, 0.5) is 5.69 Å². The summed E-state index contributed by atoms with van der Waals surface area (Å²) in [5.74, 6) is 1.11. The van der Waals surface area contributed by atoms with E-state index < -0.39 is 0 Å². The molecule has 0 spiro atoms. The number of benzene rings is 2. The predicted octanol–water partition coefficient (Wildman–Crippen LogP) is 3.95. The quantitative estimate of drug-likeness (QED) is 0.666. The molecule has 2 saturated heterocycles. The average molecular weight is 452 g/mol. The highest BCUT2D eigenvalue weighted by atomic mass is 16.5. The Kier molecular flexibility index (Phi) is 7.50. The molecule has 0 bridgehead atoms. The first-order valence-electron chi connectivity index (χ1n) is 11.7. The Morgan fingerprint density at radius 3 is 2.64 bits per heavy atom. The number of nitrogens with one attached hydrogen (secondary N) is 2. The minimum Gasteiger partial charge on any atom is -0.497 e. The van der Waals surface area contributed by atoms with E-state index in [1.807, 2.05) is 0 Å². The number of piperidine rings is 2. The lowest BCUT2D eigenvalue weighted by molar-refractivity contribution is 0.0575. The number of anilines is 1. The molecule has 0 aromatic heterocycles. The van der Waals surface area contributed by atoms with Gasteiger partial charge < -0.3 is 25.0 Å². The van der Waals surface area contributed by atoms with E-state index in [0.29, 0.717) is 46.8 Å². The third kappa shape index (κ3) is 5.47. The zero-order valence-electron chi connectivity index (χ0n) is 19.4. The summed E-state index contributed by atoms with van der Waals surface area (Å²) in [4.78, 5) is 28.3. The largest absolute Gasteiger partial charge is 0.497 e. The molecule has 2 aromatic rings. The Bertz CT molecular complexity index is 991. The van der Waals surface area contributed by atoms with Gasteiger partial charge in [-0.25, -0.2) is 0 Å². The topological polar surface area (TPSA) is 79.9 Å². The van der Waals surface area contributed by atoms with E-state index >= 15 is 0 Å². The van der Waals surface area contributed by atoms with E-state index in [0.717, 1.165) is 0 Å². The predicted molar refractivity (Wildman–Crippen MR) is 128 cm³/mol. The van der Waals surface area contributed by atoms with Gasteiger partial charge in [-0.3, -0.25) is 9.59 Å². The Balaban J connectivity index is 1.38. The SMILES string of the molecule is COc1ccc(C(=O)Nc2cccc(C(=O)NCC3CCCN4CCCCC34)c2)c(OC)c1. The van der Waals surface area contributed by atoms with Crippen LogP contribution in [0.25, 0.3) is 0 Å². The van der Waals surface area contributed by atoms with E-state index in [2.05, 4.69) is 15.5 Å². The Morgan fingerprint density at radius 2 is 1.82 bits per heavy atom. The molecular weight excluding hydrogens is 418 g/mol. The number of nitrogens with zero attached hydrogens (tertiary/aromatic N) is 1. The van der Waals surface area contributed by atoms with Crippen molar-refractivity contribution in [3.05, 3.63) is 53.6 Å². The molecule has 4 rings (SSSR count). The van der Waals surface area contributed by atoms with Crippen LogP contribution < -0.4 is 20.1 Å². The van der Waals surface area contributed by atoms with E-state index in [1.54, 1.807) is 49.6 Å². The fraction of sp³-hybridized carbons (Fsp3) is 0.462. The molecule has 7 heteroatoms. The maximum Gasteiger partial charge on any atom is 0.259 e. The van der Waals surface area contributed by atoms with Crippen molar-refractivity contribution >= 4 is 17.5 Å². The summed E-state index contributed by atoms with van der Waals surface area (Å²) in [5, 5.41) is 5.99. The van der Waals surface area contributed by atoms with Crippen LogP contribution in [0, 0.1) is 5.92 Å². The Morgan fingerprint density at radius 1 is 0.970 bits per heavy atom. The number of ether oxygens (including phenoxy) is 2. The van der Waals surface area contributed by atoms with Crippen LogP contribution in [0.3, 0.4) is 0 Å². The number of carbonyl (C=O) groups excluding carboxylic acids is 2. The molecule has 2 atom stereocenters. The van der Waals surface area contributed by atoms with Gasteiger partial charge in [-0.15, -0.1) is 0 Å². The van der Waals surface area contributed by atoms with Gasteiger partial charge >= 0.3 is 0 Å². The van der Waals surface area contributed by atoms with E-state index in [4.69, 9.17) is 9.47 Å². The van der Waals surface area contributed by atoms with Crippen LogP contribution in [0.2, 0.25) is 0 Å². The molecule has 7 nitrogen and oxygen atoms in total. The third-order valence-corrected chi connectivity index (χ3v) is 6.79. The van der Waals surface area contributed by atoms with Crippen molar-refractivity contribution in [3.63, 3.8) is 0 Å². The van der Waals surface area contributed by atoms with Crippen LogP contribution in [-0.2, 0) is 0 Å². The standard InChI is InChI=1S/C26H33N3O4/c1-32-21-11-12-22(24(16-21)33-2)26(31)28-20-9-5-7-18(15-20)25(30)27-17-19-8-6-14-29-13-4-3-10-23(19)29/h5,7,9,11-12,15-16,19,23H,3-4,6,8,10,13-14,17H2,1-2H3,(H,27,30)(H,28,31). The van der Waals surface area contributed by atoms with Gasteiger partial charge in [0.1, 0.15) is 11.5 Å². The van der Waals surface area contributed by atoms with Gasteiger partial charge in [0, 0.05) is 29.9 Å². The highest BCUT2D eigenvalue weighted by Gasteiger charge is 2.33. The van der Waals surface area contributed by atoms with Gasteiger partial charge in [0.15, 0.2) is 0 Å². The lowest BCUT2D eigenvalue weighted by atomic mass is 9.83. The number of hydrogen-bond acceptors (Lipinski definition) is 5. The lowest BCUT2D eigenvalue weighted by Crippen LogP contribution is -2.51. The van der Waals surface area contributed by atoms with Gasteiger partial charge in [0.2, 0.25) is 0 Å². The van der Waals surface area contributed by atoms with E-state index in [-0.39, 0.29) is 11.8 Å². The number of carbonyl (C=O) groups is 2. The van der Waals surface area contributed by atoms with Crippen LogP contribution >= 0.6 is 0 Å². The first-order chi connectivity index (χ1) is 16.1. The molecule has 2 aliphatic rings. The van der Waals surface area contributed by atoms with Crippen molar-refractivity contribution in [2.75, 3.05) is 39.2 Å². The second-order valence-corrected chi connectivity index (χ2v) is 8.81. The Hall–Kier alpha value is -3.06. The number of amides is 2. The minimum atomic E-state index is -0.313. The maximum absolute atomic E-state index is 12.9. The molecule has 2 fully saturated rings. The minimum absolute atomic E-state index is 0.110. The molecule has 0 aliphatic carbocycles. The number of hydrogen-bond donors (Lipinski definition) is 2. The average Bonchev–Trinajstić information content (AvgIpc) is 2.86. The molecular formula is C26H33N3O4. The second-order valence-electron chi connectivity index (χ2n) is 8.81. The number of fused-ring (bicyclic) bond motifs is 1. The molecule has 0 radical (unpaired) electrons. The third-order valence-electron chi connectivity index (χ3n) is 6.79. The van der Waals surface area contributed by atoms with Crippen LogP contribution in [0.1, 0.15) is 52.8 Å². The van der Waals surface area contributed by atoms with Crippen molar-refractivity contribution in [1.82, 2.24) is 10.2 Å². The smallest absolute Gasteiger partial charge is 0.259 e. The fourth-order valence-electron chi connectivity index (χ4n) is 5.06. The fourth-order valence-corrected chi connectivity index (χ4v) is 5.06. The summed E-state index contributed by atoms with van der Waals surface area (Å²) in [6.45, 7) is 3.07. The summed E-state index contributed by atoms with van der Waals surface area (Å²) in [6, 6.07) is 12.6. The van der Waals surface area contributed by atoms with Crippen molar-refractivity contribution in [2.24, 2.45) is 5.92 Å². The first-order valence-corrected chi connectivity index (χ1v) is 11.7. The van der Waals surface area contributed by atoms with Gasteiger partial charge in [0.25, 0.3) is 11.8 Å². The number of rotatable bonds is 7. The Labute approximate surface area is 195 Å². The molecule has 2 aromatic carbocycles. The van der Waals surface area contributed by atoms with Crippen LogP contribution in [0.15, 0.2) is 42.5 Å². The van der Waals surface area contributed by atoms with Crippen LogP contribution in [-0.4, -0.2) is 56.6 Å². The molecule has 2 N–H and O–H groups in total. The molecule has 2 heterocycles. The van der Waals surface area contributed by atoms with E-state index in [9.17, 15) is 9.59 Å². The van der Waals surface area contributed by atoms with E-state index in [1.165, 1.54) is 52.3 Å². The van der Waals surface area contributed by atoms with Crippen LogP contribution in [0.5, 0.6) is 11.5 Å². The van der Waals surface area contributed by atoms with Gasteiger partial charge in [-0.2, -0.15) is 0 Å². The first kappa shape index (κ1) is 23.1.